The summed E-state index contributed by atoms with van der Waals surface area (Å²) in [5.74, 6) is 2.05. The normalized spacial score (nSPS) is 43.7. The van der Waals surface area contributed by atoms with Gasteiger partial charge in [0.1, 0.15) is 5.82 Å². The largest absolute Gasteiger partial charge is 0.324 e. The molecular weight excluding hydrogens is 334 g/mol. The lowest BCUT2D eigenvalue weighted by molar-refractivity contribution is 0.258. The van der Waals surface area contributed by atoms with E-state index in [1.165, 1.54) is 12.1 Å². The molecular formula is C23H25N3O. The molecule has 4 aliphatic carbocycles. The van der Waals surface area contributed by atoms with Gasteiger partial charge in [-0.25, -0.2) is 0 Å². The lowest BCUT2D eigenvalue weighted by atomic mass is 9.71. The van der Waals surface area contributed by atoms with Crippen LogP contribution in [0.1, 0.15) is 76.4 Å². The highest BCUT2D eigenvalue weighted by molar-refractivity contribution is 5.70. The summed E-state index contributed by atoms with van der Waals surface area (Å²) in [6, 6.07) is 4.50. The summed E-state index contributed by atoms with van der Waals surface area (Å²) in [4.78, 5) is 22.6. The number of nitrogens with zero attached hydrogens (tertiary/aromatic N) is 3. The Morgan fingerprint density at radius 2 is 2.04 bits per heavy atom. The molecule has 0 aromatic carbocycles. The minimum absolute atomic E-state index is 0.0214. The zero-order valence-corrected chi connectivity index (χ0v) is 16.6. The smallest absolute Gasteiger partial charge is 0.276 e. The van der Waals surface area contributed by atoms with Crippen LogP contribution in [-0.2, 0) is 10.8 Å². The number of rotatable bonds is 0. The number of hydrogen-bond acceptors (Lipinski definition) is 3. The molecule has 3 fully saturated rings. The van der Waals surface area contributed by atoms with Crippen molar-refractivity contribution in [2.24, 2.45) is 16.7 Å². The van der Waals surface area contributed by atoms with Gasteiger partial charge in [0.05, 0.1) is 5.69 Å². The van der Waals surface area contributed by atoms with Crippen molar-refractivity contribution in [1.82, 2.24) is 14.5 Å². The van der Waals surface area contributed by atoms with Crippen LogP contribution < -0.4 is 5.56 Å². The number of pyridine rings is 1. The molecule has 0 saturated heterocycles. The highest BCUT2D eigenvalue weighted by Gasteiger charge is 2.87. The highest BCUT2D eigenvalue weighted by atomic mass is 16.1. The Hall–Kier alpha value is -1.97. The Morgan fingerprint density at radius 3 is 2.78 bits per heavy atom. The fourth-order valence-corrected chi connectivity index (χ4v) is 7.98. The van der Waals surface area contributed by atoms with Gasteiger partial charge in [-0.3, -0.25) is 9.78 Å². The van der Waals surface area contributed by atoms with Crippen molar-refractivity contribution in [1.29, 1.82) is 0 Å². The molecule has 0 spiro atoms. The van der Waals surface area contributed by atoms with Crippen LogP contribution in [0.15, 0.2) is 23.1 Å². The summed E-state index contributed by atoms with van der Waals surface area (Å²) < 4.78 is 2.52. The van der Waals surface area contributed by atoms with Gasteiger partial charge in [-0.1, -0.05) is 34.6 Å². The van der Waals surface area contributed by atoms with Gasteiger partial charge in [-0.05, 0) is 47.6 Å². The molecule has 2 aromatic rings. The molecule has 6 atom stereocenters. The molecule has 3 saturated carbocycles. The Morgan fingerprint density at radius 1 is 1.26 bits per heavy atom. The van der Waals surface area contributed by atoms with Gasteiger partial charge in [0.2, 0.25) is 0 Å². The third kappa shape index (κ3) is 1.17. The lowest BCUT2D eigenvalue weighted by Crippen LogP contribution is -2.38. The fraction of sp³-hybridized carbons (Fsp3) is 0.609. The first-order valence-electron chi connectivity index (χ1n) is 10.3. The van der Waals surface area contributed by atoms with Crippen LogP contribution in [0.3, 0.4) is 0 Å². The molecule has 0 bridgehead atoms. The van der Waals surface area contributed by atoms with E-state index in [9.17, 15) is 4.79 Å². The van der Waals surface area contributed by atoms with Crippen molar-refractivity contribution < 1.29 is 0 Å². The monoisotopic (exact) mass is 359 g/mol. The van der Waals surface area contributed by atoms with E-state index >= 15 is 0 Å². The Labute approximate surface area is 159 Å². The minimum Gasteiger partial charge on any atom is -0.324 e. The van der Waals surface area contributed by atoms with E-state index in [4.69, 9.17) is 4.98 Å². The van der Waals surface area contributed by atoms with Gasteiger partial charge >= 0.3 is 0 Å². The van der Waals surface area contributed by atoms with Gasteiger partial charge in [0.25, 0.3) is 5.56 Å². The predicted octanol–water partition coefficient (Wildman–Crippen LogP) is 3.94. The summed E-state index contributed by atoms with van der Waals surface area (Å²) in [7, 11) is 0. The Bertz CT molecular complexity index is 1160. The van der Waals surface area contributed by atoms with Crippen LogP contribution in [0.2, 0.25) is 0 Å². The second-order valence-electron chi connectivity index (χ2n) is 11.0. The van der Waals surface area contributed by atoms with Crippen LogP contribution in [0, 0.1) is 16.7 Å². The second-order valence-corrected chi connectivity index (χ2v) is 11.0. The van der Waals surface area contributed by atoms with E-state index in [2.05, 4.69) is 50.2 Å². The summed E-state index contributed by atoms with van der Waals surface area (Å²) in [5.41, 5.74) is 5.27. The molecule has 0 radical (unpaired) electrons. The van der Waals surface area contributed by atoms with Crippen LogP contribution in [-0.4, -0.2) is 14.5 Å². The van der Waals surface area contributed by atoms with Gasteiger partial charge < -0.3 is 4.57 Å². The molecule has 27 heavy (non-hydrogen) atoms. The summed E-state index contributed by atoms with van der Waals surface area (Å²) in [6.45, 7) is 11.8. The van der Waals surface area contributed by atoms with Crippen molar-refractivity contribution in [3.05, 3.63) is 45.6 Å². The SMILES string of the molecule is CC(C)(C)C12CC1n1c(nc(=O)c3c1C1(C)C4CC3C41C)-c1cccnc12. The van der Waals surface area contributed by atoms with Crippen LogP contribution in [0.4, 0.5) is 0 Å². The molecule has 5 aliphatic rings. The maximum Gasteiger partial charge on any atom is 0.276 e. The average molecular weight is 359 g/mol. The Balaban J connectivity index is 1.62. The molecule has 0 amide bonds. The standard InChI is InChI=1S/C23H25N3O/c1-20(2,3)23-10-14(23)26-17-15(12-9-13-21(12,4)22(13,17)5)19(27)25-18(26)11-7-6-8-24-16(11)23/h6-8,12-14H,9-10H2,1-5H3. The second kappa shape index (κ2) is 3.66. The maximum atomic E-state index is 13.1. The number of fused-ring (bicyclic) bond motifs is 11. The highest BCUT2D eigenvalue weighted by Crippen LogP contribution is 2.90. The fourth-order valence-electron chi connectivity index (χ4n) is 7.98. The van der Waals surface area contributed by atoms with E-state index in [-0.39, 0.29) is 21.8 Å². The van der Waals surface area contributed by atoms with Crippen molar-refractivity contribution in [3.63, 3.8) is 0 Å². The van der Waals surface area contributed by atoms with Crippen molar-refractivity contribution in [3.8, 4) is 11.4 Å². The third-order valence-corrected chi connectivity index (χ3v) is 9.70. The van der Waals surface area contributed by atoms with Crippen LogP contribution in [0.5, 0.6) is 0 Å². The van der Waals surface area contributed by atoms with Gasteiger partial charge in [0, 0.05) is 39.9 Å². The first-order chi connectivity index (χ1) is 12.7. The minimum atomic E-state index is 0.0214. The maximum absolute atomic E-state index is 13.1. The average Bonchev–Trinajstić information content (AvgIpc) is 3.43. The van der Waals surface area contributed by atoms with Crippen molar-refractivity contribution in [2.45, 2.75) is 70.3 Å². The van der Waals surface area contributed by atoms with E-state index < -0.39 is 0 Å². The van der Waals surface area contributed by atoms with Gasteiger partial charge in [-0.15, -0.1) is 0 Å². The predicted molar refractivity (Wildman–Crippen MR) is 103 cm³/mol. The molecule has 7 rings (SSSR count). The van der Waals surface area contributed by atoms with Crippen LogP contribution >= 0.6 is 0 Å². The topological polar surface area (TPSA) is 47.8 Å². The Kier molecular flexibility index (Phi) is 2.03. The molecule has 4 nitrogen and oxygen atoms in total. The molecule has 3 heterocycles. The molecule has 138 valence electrons. The van der Waals surface area contributed by atoms with Gasteiger partial charge in [-0.2, -0.15) is 4.98 Å². The third-order valence-electron chi connectivity index (χ3n) is 9.70. The molecule has 4 heteroatoms. The number of hydrogen-bond donors (Lipinski definition) is 0. The van der Waals surface area contributed by atoms with E-state index in [1.54, 1.807) is 0 Å². The first-order valence-corrected chi connectivity index (χ1v) is 10.3. The zero-order chi connectivity index (χ0) is 18.7. The first kappa shape index (κ1) is 15.0. The van der Waals surface area contributed by atoms with E-state index in [1.807, 2.05) is 12.3 Å². The number of aromatic nitrogens is 3. The van der Waals surface area contributed by atoms with E-state index in [0.717, 1.165) is 35.0 Å². The molecule has 2 aromatic heterocycles. The lowest BCUT2D eigenvalue weighted by Gasteiger charge is -2.39. The molecule has 0 N–H and O–H groups in total. The quantitative estimate of drug-likeness (QED) is 0.716. The van der Waals surface area contributed by atoms with Crippen molar-refractivity contribution >= 4 is 0 Å². The zero-order valence-electron chi connectivity index (χ0n) is 16.6. The molecule has 1 aliphatic heterocycles. The summed E-state index contributed by atoms with van der Waals surface area (Å²) >= 11 is 0. The van der Waals surface area contributed by atoms with Crippen LogP contribution in [0.25, 0.3) is 11.4 Å². The van der Waals surface area contributed by atoms with Gasteiger partial charge in [0.15, 0.2) is 0 Å². The van der Waals surface area contributed by atoms with Crippen molar-refractivity contribution in [2.75, 3.05) is 0 Å². The van der Waals surface area contributed by atoms with E-state index in [0.29, 0.717) is 17.4 Å². The molecule has 6 unspecified atom stereocenters. The summed E-state index contributed by atoms with van der Waals surface area (Å²) in [6.07, 6.45) is 4.19. The summed E-state index contributed by atoms with van der Waals surface area (Å²) in [5, 5.41) is 0.